The van der Waals surface area contributed by atoms with E-state index in [1.165, 1.54) is 0 Å². The molecule has 3 amide bonds. The molecule has 2 fully saturated rings. The van der Waals surface area contributed by atoms with Crippen LogP contribution in [-0.4, -0.2) is 65.2 Å². The average molecular weight is 517 g/mol. The lowest BCUT2D eigenvalue weighted by atomic mass is 9.84. The van der Waals surface area contributed by atoms with Gasteiger partial charge >= 0.3 is 0 Å². The highest BCUT2D eigenvalue weighted by molar-refractivity contribution is 6.30. The van der Waals surface area contributed by atoms with Crippen LogP contribution in [0.15, 0.2) is 54.6 Å². The Bertz CT molecular complexity index is 1100. The summed E-state index contributed by atoms with van der Waals surface area (Å²) in [5, 5.41) is 3.34. The van der Waals surface area contributed by atoms with Crippen molar-refractivity contribution in [3.63, 3.8) is 0 Å². The summed E-state index contributed by atoms with van der Waals surface area (Å²) in [6, 6.07) is 16.6. The number of rotatable bonds is 6. The van der Waals surface area contributed by atoms with Crippen LogP contribution in [0, 0.1) is 5.41 Å². The van der Waals surface area contributed by atoms with Gasteiger partial charge in [0, 0.05) is 35.4 Å². The minimum atomic E-state index is -0.806. The molecule has 2 heterocycles. The minimum absolute atomic E-state index is 0.00295. The predicted octanol–water partition coefficient (Wildman–Crippen LogP) is 4.21. The van der Waals surface area contributed by atoms with Crippen LogP contribution in [0.5, 0.6) is 0 Å². The van der Waals surface area contributed by atoms with Gasteiger partial charge in [0.1, 0.15) is 12.1 Å². The van der Waals surface area contributed by atoms with Gasteiger partial charge in [0.25, 0.3) is 5.91 Å². The molecule has 1 N–H and O–H groups in total. The van der Waals surface area contributed by atoms with Crippen molar-refractivity contribution in [1.29, 1.82) is 0 Å². The first-order chi connectivity index (χ1) is 16.7. The van der Waals surface area contributed by atoms with Crippen LogP contribution < -0.4 is 10.2 Å². The number of hydrogen-bond acceptors (Lipinski definition) is 4. The summed E-state index contributed by atoms with van der Waals surface area (Å²) in [6.45, 7) is 4.81. The highest BCUT2D eigenvalue weighted by atomic mass is 35.5. The molecule has 9 heteroatoms. The van der Waals surface area contributed by atoms with Gasteiger partial charge in [0.15, 0.2) is 0 Å². The second-order valence-electron chi connectivity index (χ2n) is 9.81. The maximum Gasteiger partial charge on any atom is 0.250 e. The molecule has 0 radical (unpaired) electrons. The fourth-order valence-corrected chi connectivity index (χ4v) is 5.13. The molecular formula is C26H30Cl2N4O3. The van der Waals surface area contributed by atoms with Gasteiger partial charge in [-0.1, -0.05) is 35.9 Å². The number of carbonyl (C=O) groups is 3. The number of halogens is 2. The first kappa shape index (κ1) is 25.3. The van der Waals surface area contributed by atoms with Crippen molar-refractivity contribution in [3.8, 4) is 0 Å². The number of anilines is 2. The lowest BCUT2D eigenvalue weighted by Crippen LogP contribution is -2.58. The molecule has 4 rings (SSSR count). The van der Waals surface area contributed by atoms with Crippen molar-refractivity contribution < 1.29 is 14.4 Å². The Labute approximate surface area is 216 Å². The summed E-state index contributed by atoms with van der Waals surface area (Å²) in [6.07, 6.45) is 0.967. The van der Waals surface area contributed by atoms with Crippen molar-refractivity contribution >= 4 is 52.3 Å². The van der Waals surface area contributed by atoms with Crippen molar-refractivity contribution in [2.75, 3.05) is 42.4 Å². The third kappa shape index (κ3) is 5.11. The van der Waals surface area contributed by atoms with Gasteiger partial charge in [-0.25, -0.2) is 0 Å². The number of alkyl halides is 1. The zero-order valence-electron chi connectivity index (χ0n) is 20.0. The molecule has 186 valence electrons. The summed E-state index contributed by atoms with van der Waals surface area (Å²) >= 11 is 12.0. The molecule has 2 saturated heterocycles. The molecule has 2 aliphatic rings. The molecule has 2 aromatic rings. The van der Waals surface area contributed by atoms with E-state index in [2.05, 4.69) is 10.2 Å². The summed E-state index contributed by atoms with van der Waals surface area (Å²) in [5.41, 5.74) is 0.0338. The van der Waals surface area contributed by atoms with E-state index in [0.29, 0.717) is 43.3 Å². The average Bonchev–Trinajstić information content (AvgIpc) is 3.10. The Balaban J connectivity index is 1.53. The molecule has 35 heavy (non-hydrogen) atoms. The van der Waals surface area contributed by atoms with Gasteiger partial charge in [-0.15, -0.1) is 11.6 Å². The third-order valence-corrected chi connectivity index (χ3v) is 7.72. The summed E-state index contributed by atoms with van der Waals surface area (Å²) < 4.78 is 0. The molecule has 0 atom stereocenters. The number of hydrogen-bond donors (Lipinski definition) is 1. The number of nitrogens with one attached hydrogen (secondary N) is 1. The second-order valence-corrected chi connectivity index (χ2v) is 10.5. The van der Waals surface area contributed by atoms with E-state index < -0.39 is 11.0 Å². The molecule has 0 aromatic heterocycles. The maximum atomic E-state index is 13.8. The third-order valence-electron chi connectivity index (χ3n) is 6.82. The van der Waals surface area contributed by atoms with Gasteiger partial charge in [0.05, 0.1) is 12.1 Å². The number of amides is 3. The fourth-order valence-electron chi connectivity index (χ4n) is 4.83. The summed E-state index contributed by atoms with van der Waals surface area (Å²) in [7, 11) is 0. The van der Waals surface area contributed by atoms with Crippen LogP contribution in [0.1, 0.15) is 26.7 Å². The van der Waals surface area contributed by atoms with Gasteiger partial charge in [-0.2, -0.15) is 0 Å². The van der Waals surface area contributed by atoms with Crippen molar-refractivity contribution in [2.45, 2.75) is 32.2 Å². The van der Waals surface area contributed by atoms with E-state index >= 15 is 0 Å². The normalized spacial score (nSPS) is 17.7. The number of benzene rings is 2. The summed E-state index contributed by atoms with van der Waals surface area (Å²) in [4.78, 5) is 45.0. The predicted molar refractivity (Wildman–Crippen MR) is 139 cm³/mol. The highest BCUT2D eigenvalue weighted by Gasteiger charge is 2.54. The molecule has 0 saturated carbocycles. The molecule has 2 aliphatic heterocycles. The maximum absolute atomic E-state index is 13.8. The van der Waals surface area contributed by atoms with Gasteiger partial charge < -0.3 is 20.0 Å². The van der Waals surface area contributed by atoms with Crippen LogP contribution in [0.3, 0.4) is 0 Å². The molecule has 2 aromatic carbocycles. The Morgan fingerprint density at radius 1 is 1.06 bits per heavy atom. The number of carbonyl (C=O) groups excluding carboxylic acids is 3. The second kappa shape index (κ2) is 10.1. The lowest BCUT2D eigenvalue weighted by molar-refractivity contribution is -0.143. The zero-order chi connectivity index (χ0) is 25.2. The van der Waals surface area contributed by atoms with Crippen LogP contribution in [0.4, 0.5) is 11.4 Å². The van der Waals surface area contributed by atoms with Gasteiger partial charge in [0.2, 0.25) is 11.8 Å². The minimum Gasteiger partial charge on any atom is -0.342 e. The van der Waals surface area contributed by atoms with E-state index in [1.807, 2.05) is 44.2 Å². The van der Waals surface area contributed by atoms with E-state index in [9.17, 15) is 14.4 Å². The van der Waals surface area contributed by atoms with E-state index in [-0.39, 0.29) is 30.1 Å². The standard InChI is InChI=1S/C26H30Cl2N4O3/c1-25(2,17-27)23(34)30-13-11-26(12-14-30)24(35)31(18-32(26)21-9-4-3-5-10-21)16-22(33)29-20-8-6-7-19(28)15-20/h3-10,15H,11-14,16-18H2,1-2H3,(H,29,33). The van der Waals surface area contributed by atoms with Crippen LogP contribution in [0.2, 0.25) is 5.02 Å². The highest BCUT2D eigenvalue weighted by Crippen LogP contribution is 2.40. The molecular weight excluding hydrogens is 487 g/mol. The van der Waals surface area contributed by atoms with Crippen LogP contribution in [-0.2, 0) is 14.4 Å². The van der Waals surface area contributed by atoms with Gasteiger partial charge in [-0.05, 0) is 57.0 Å². The van der Waals surface area contributed by atoms with Crippen LogP contribution in [0.25, 0.3) is 0 Å². The Morgan fingerprint density at radius 3 is 2.37 bits per heavy atom. The molecule has 7 nitrogen and oxygen atoms in total. The first-order valence-corrected chi connectivity index (χ1v) is 12.6. The van der Waals surface area contributed by atoms with Crippen molar-refractivity contribution in [1.82, 2.24) is 9.80 Å². The largest absolute Gasteiger partial charge is 0.342 e. The summed E-state index contributed by atoms with van der Waals surface area (Å²) in [5.74, 6) is -0.150. The van der Waals surface area contributed by atoms with E-state index in [4.69, 9.17) is 23.2 Å². The molecule has 0 aliphatic carbocycles. The molecule has 1 spiro atoms. The quantitative estimate of drug-likeness (QED) is 0.583. The Morgan fingerprint density at radius 2 is 1.74 bits per heavy atom. The Hall–Kier alpha value is -2.77. The first-order valence-electron chi connectivity index (χ1n) is 11.7. The lowest BCUT2D eigenvalue weighted by Gasteiger charge is -2.44. The SMILES string of the molecule is CC(C)(CCl)C(=O)N1CCC2(CC1)C(=O)N(CC(=O)Nc1cccc(Cl)c1)CN2c1ccccc1. The smallest absolute Gasteiger partial charge is 0.250 e. The van der Waals surface area contributed by atoms with E-state index in [1.54, 1.807) is 34.1 Å². The number of para-hydroxylation sites is 1. The molecule has 0 unspecified atom stereocenters. The monoisotopic (exact) mass is 516 g/mol. The topological polar surface area (TPSA) is 73.0 Å². The fraction of sp³-hybridized carbons (Fsp3) is 0.423. The zero-order valence-corrected chi connectivity index (χ0v) is 21.5. The molecule has 0 bridgehead atoms. The van der Waals surface area contributed by atoms with Crippen molar-refractivity contribution in [2.24, 2.45) is 5.41 Å². The van der Waals surface area contributed by atoms with Gasteiger partial charge in [-0.3, -0.25) is 14.4 Å². The Kier molecular flexibility index (Phi) is 7.29. The number of nitrogens with zero attached hydrogens (tertiary/aromatic N) is 3. The number of likely N-dealkylation sites (tertiary alicyclic amines) is 1. The van der Waals surface area contributed by atoms with Crippen molar-refractivity contribution in [3.05, 3.63) is 59.6 Å². The van der Waals surface area contributed by atoms with E-state index in [0.717, 1.165) is 5.69 Å². The number of piperidine rings is 1. The van der Waals surface area contributed by atoms with Crippen LogP contribution >= 0.6 is 23.2 Å².